The molecule has 2 nitrogen and oxygen atoms in total. The molecular weight excluding hydrogens is 212 g/mol. The van der Waals surface area contributed by atoms with Crippen molar-refractivity contribution >= 4 is 0 Å². The Kier molecular flexibility index (Phi) is 5.30. The molecule has 2 saturated heterocycles. The number of rotatable bonds is 10. The maximum Gasteiger partial charge on any atom is 0.0841 e. The van der Waals surface area contributed by atoms with Gasteiger partial charge in [-0.3, -0.25) is 0 Å². The van der Waals surface area contributed by atoms with Gasteiger partial charge in [-0.05, 0) is 25.7 Å². The molecule has 2 aliphatic rings. The van der Waals surface area contributed by atoms with Gasteiger partial charge in [0.05, 0.1) is 24.4 Å². The first-order valence-corrected chi connectivity index (χ1v) is 7.66. The quantitative estimate of drug-likeness (QED) is 0.425. The highest BCUT2D eigenvalue weighted by atomic mass is 16.6. The molecule has 0 radical (unpaired) electrons. The Hall–Kier alpha value is -0.0800. The van der Waals surface area contributed by atoms with Crippen molar-refractivity contribution in [1.29, 1.82) is 0 Å². The predicted octanol–water partition coefficient (Wildman–Crippen LogP) is 4.07. The fourth-order valence-electron chi connectivity index (χ4n) is 2.81. The van der Waals surface area contributed by atoms with Gasteiger partial charge in [0.1, 0.15) is 0 Å². The number of hydrogen-bond acceptors (Lipinski definition) is 2. The third kappa shape index (κ3) is 4.59. The van der Waals surface area contributed by atoms with Crippen molar-refractivity contribution in [3.63, 3.8) is 0 Å². The molecule has 0 spiro atoms. The van der Waals surface area contributed by atoms with Gasteiger partial charge in [0.2, 0.25) is 0 Å². The van der Waals surface area contributed by atoms with Crippen LogP contribution in [0.4, 0.5) is 0 Å². The maximum absolute atomic E-state index is 5.62. The fourth-order valence-corrected chi connectivity index (χ4v) is 2.81. The summed E-state index contributed by atoms with van der Waals surface area (Å²) in [6.07, 6.45) is 14.1. The molecule has 2 heteroatoms. The zero-order chi connectivity index (χ0) is 12.1. The molecule has 2 rings (SSSR count). The lowest BCUT2D eigenvalue weighted by Crippen LogP contribution is -1.95. The van der Waals surface area contributed by atoms with Crippen LogP contribution >= 0.6 is 0 Å². The minimum atomic E-state index is 0.611. The Morgan fingerprint density at radius 1 is 0.588 bits per heavy atom. The molecule has 2 heterocycles. The molecular formula is C15H28O2. The summed E-state index contributed by atoms with van der Waals surface area (Å²) in [4.78, 5) is 0. The molecule has 100 valence electrons. The number of epoxide rings is 2. The molecule has 0 aromatic rings. The summed E-state index contributed by atoms with van der Waals surface area (Å²) >= 11 is 0. The monoisotopic (exact) mass is 240 g/mol. The predicted molar refractivity (Wildman–Crippen MR) is 70.2 cm³/mol. The highest BCUT2D eigenvalue weighted by Gasteiger charge is 2.37. The van der Waals surface area contributed by atoms with E-state index < -0.39 is 0 Å². The Morgan fingerprint density at radius 2 is 1.00 bits per heavy atom. The first-order valence-electron chi connectivity index (χ1n) is 7.66. The summed E-state index contributed by atoms with van der Waals surface area (Å²) in [5.74, 6) is 0. The molecule has 2 fully saturated rings. The van der Waals surface area contributed by atoms with E-state index in [9.17, 15) is 0 Å². The van der Waals surface area contributed by atoms with Crippen molar-refractivity contribution in [2.75, 3.05) is 0 Å². The van der Waals surface area contributed by atoms with Gasteiger partial charge in [0.15, 0.2) is 0 Å². The Balaban J connectivity index is 1.36. The third-order valence-electron chi connectivity index (χ3n) is 4.00. The highest BCUT2D eigenvalue weighted by molar-refractivity contribution is 4.85. The topological polar surface area (TPSA) is 25.1 Å². The minimum Gasteiger partial charge on any atom is -0.370 e. The van der Waals surface area contributed by atoms with Crippen molar-refractivity contribution < 1.29 is 9.47 Å². The molecule has 0 N–H and O–H groups in total. The van der Waals surface area contributed by atoms with E-state index in [-0.39, 0.29) is 0 Å². The molecule has 0 aromatic carbocycles. The van der Waals surface area contributed by atoms with E-state index in [1.165, 1.54) is 57.8 Å². The average molecular weight is 240 g/mol. The van der Waals surface area contributed by atoms with Crippen LogP contribution in [0.2, 0.25) is 0 Å². The van der Waals surface area contributed by atoms with Crippen LogP contribution in [-0.4, -0.2) is 24.4 Å². The van der Waals surface area contributed by atoms with Crippen LogP contribution in [0.1, 0.15) is 71.6 Å². The van der Waals surface area contributed by atoms with Gasteiger partial charge in [-0.25, -0.2) is 0 Å². The molecule has 0 aromatic heterocycles. The molecule has 0 saturated carbocycles. The first kappa shape index (κ1) is 13.4. The standard InChI is InChI=1S/C15H28O2/c1-3-8-12-14(16-12)10-6-5-7-11-15-13(17-15)9-4-2/h12-15H,3-11H2,1-2H3. The molecule has 0 bridgehead atoms. The zero-order valence-corrected chi connectivity index (χ0v) is 11.5. The average Bonchev–Trinajstić information content (AvgIpc) is 3.19. The number of hydrogen-bond donors (Lipinski definition) is 0. The van der Waals surface area contributed by atoms with Crippen molar-refractivity contribution in [3.05, 3.63) is 0 Å². The Labute approximate surface area is 106 Å². The van der Waals surface area contributed by atoms with Crippen molar-refractivity contribution in [1.82, 2.24) is 0 Å². The molecule has 0 amide bonds. The zero-order valence-electron chi connectivity index (χ0n) is 11.5. The van der Waals surface area contributed by atoms with E-state index in [0.29, 0.717) is 24.4 Å². The van der Waals surface area contributed by atoms with Gasteiger partial charge in [0, 0.05) is 0 Å². The van der Waals surface area contributed by atoms with E-state index in [4.69, 9.17) is 9.47 Å². The van der Waals surface area contributed by atoms with Crippen molar-refractivity contribution in [2.45, 2.75) is 96.1 Å². The van der Waals surface area contributed by atoms with Crippen LogP contribution in [0.3, 0.4) is 0 Å². The highest BCUT2D eigenvalue weighted by Crippen LogP contribution is 2.33. The number of ether oxygens (including phenoxy) is 2. The summed E-state index contributed by atoms with van der Waals surface area (Å²) in [7, 11) is 0. The van der Waals surface area contributed by atoms with Gasteiger partial charge in [-0.2, -0.15) is 0 Å². The molecule has 17 heavy (non-hydrogen) atoms. The van der Waals surface area contributed by atoms with E-state index in [1.807, 2.05) is 0 Å². The molecule has 2 aliphatic heterocycles. The Morgan fingerprint density at radius 3 is 1.41 bits per heavy atom. The minimum absolute atomic E-state index is 0.611. The summed E-state index contributed by atoms with van der Waals surface area (Å²) in [6, 6.07) is 0. The lowest BCUT2D eigenvalue weighted by molar-refractivity contribution is 0.344. The smallest absolute Gasteiger partial charge is 0.0841 e. The SMILES string of the molecule is CCCC1OC1CCCCCC1OC1CCC. The van der Waals surface area contributed by atoms with Gasteiger partial charge in [-0.15, -0.1) is 0 Å². The van der Waals surface area contributed by atoms with Crippen LogP contribution in [0.25, 0.3) is 0 Å². The summed E-state index contributed by atoms with van der Waals surface area (Å²) in [5, 5.41) is 0. The normalized spacial score (nSPS) is 34.9. The fraction of sp³-hybridized carbons (Fsp3) is 1.00. The van der Waals surface area contributed by atoms with Crippen LogP contribution in [0.5, 0.6) is 0 Å². The lowest BCUT2D eigenvalue weighted by Gasteiger charge is -1.98. The molecule has 0 aliphatic carbocycles. The lowest BCUT2D eigenvalue weighted by atomic mass is 10.0. The largest absolute Gasteiger partial charge is 0.370 e. The second-order valence-corrected chi connectivity index (χ2v) is 5.64. The van der Waals surface area contributed by atoms with E-state index in [1.54, 1.807) is 0 Å². The van der Waals surface area contributed by atoms with Crippen LogP contribution in [0.15, 0.2) is 0 Å². The third-order valence-corrected chi connectivity index (χ3v) is 4.00. The summed E-state index contributed by atoms with van der Waals surface area (Å²) in [5.41, 5.74) is 0. The Bertz CT molecular complexity index is 195. The number of unbranched alkanes of at least 4 members (excludes halogenated alkanes) is 2. The van der Waals surface area contributed by atoms with E-state index in [0.717, 1.165) is 0 Å². The van der Waals surface area contributed by atoms with Crippen LogP contribution in [0, 0.1) is 0 Å². The van der Waals surface area contributed by atoms with Crippen molar-refractivity contribution in [3.8, 4) is 0 Å². The molecule has 4 unspecified atom stereocenters. The van der Waals surface area contributed by atoms with E-state index in [2.05, 4.69) is 13.8 Å². The van der Waals surface area contributed by atoms with Crippen LogP contribution in [-0.2, 0) is 9.47 Å². The van der Waals surface area contributed by atoms with Gasteiger partial charge < -0.3 is 9.47 Å². The van der Waals surface area contributed by atoms with Gasteiger partial charge >= 0.3 is 0 Å². The summed E-state index contributed by atoms with van der Waals surface area (Å²) < 4.78 is 11.2. The summed E-state index contributed by atoms with van der Waals surface area (Å²) in [6.45, 7) is 4.47. The second kappa shape index (κ2) is 6.75. The molecule has 4 atom stereocenters. The maximum atomic E-state index is 5.62. The van der Waals surface area contributed by atoms with Crippen LogP contribution < -0.4 is 0 Å². The van der Waals surface area contributed by atoms with Gasteiger partial charge in [-0.1, -0.05) is 46.0 Å². The van der Waals surface area contributed by atoms with Gasteiger partial charge in [0.25, 0.3) is 0 Å². The van der Waals surface area contributed by atoms with E-state index >= 15 is 0 Å². The first-order chi connectivity index (χ1) is 8.35. The van der Waals surface area contributed by atoms with Crippen molar-refractivity contribution in [2.24, 2.45) is 0 Å². The second-order valence-electron chi connectivity index (χ2n) is 5.64.